The highest BCUT2D eigenvalue weighted by Gasteiger charge is 2.16. The Labute approximate surface area is 118 Å². The Hall–Kier alpha value is -2.28. The number of thiazole rings is 1. The largest absolute Gasteiger partial charge is 0.375 e. The van der Waals surface area contributed by atoms with Gasteiger partial charge in [0.05, 0.1) is 5.69 Å². The molecule has 0 bridgehead atoms. The van der Waals surface area contributed by atoms with E-state index in [4.69, 9.17) is 10.3 Å². The van der Waals surface area contributed by atoms with Crippen molar-refractivity contribution in [2.75, 3.05) is 5.73 Å². The van der Waals surface area contributed by atoms with Crippen LogP contribution in [-0.4, -0.2) is 15.1 Å². The summed E-state index contributed by atoms with van der Waals surface area (Å²) in [5.41, 5.74) is 7.51. The summed E-state index contributed by atoms with van der Waals surface area (Å²) in [6, 6.07) is 4.81. The Balaban J connectivity index is 2.01. The molecule has 102 valence electrons. The first-order valence-corrected chi connectivity index (χ1v) is 6.70. The lowest BCUT2D eigenvalue weighted by molar-refractivity contribution is 0.433. The second-order valence-electron chi connectivity index (χ2n) is 4.35. The Morgan fingerprint density at radius 2 is 2.05 bits per heavy atom. The fourth-order valence-electron chi connectivity index (χ4n) is 1.78. The predicted molar refractivity (Wildman–Crippen MR) is 74.7 cm³/mol. The van der Waals surface area contributed by atoms with E-state index in [1.165, 1.54) is 17.4 Å². The molecule has 0 aliphatic rings. The average Bonchev–Trinajstić information content (AvgIpc) is 2.99. The van der Waals surface area contributed by atoms with Gasteiger partial charge in [-0.15, -0.1) is 0 Å². The minimum atomic E-state index is -0.299. The lowest BCUT2D eigenvalue weighted by Crippen LogP contribution is -1.86. The van der Waals surface area contributed by atoms with E-state index in [1.54, 1.807) is 19.1 Å². The minimum absolute atomic E-state index is 0.299. The molecule has 0 saturated carbocycles. The first-order chi connectivity index (χ1) is 9.54. The summed E-state index contributed by atoms with van der Waals surface area (Å²) in [5, 5.41) is 4.31. The van der Waals surface area contributed by atoms with Gasteiger partial charge < -0.3 is 10.3 Å². The first kappa shape index (κ1) is 12.7. The second kappa shape index (κ2) is 4.68. The molecule has 0 aliphatic heterocycles. The van der Waals surface area contributed by atoms with Gasteiger partial charge in [-0.05, 0) is 25.5 Å². The third-order valence-corrected chi connectivity index (χ3v) is 3.84. The van der Waals surface area contributed by atoms with Gasteiger partial charge in [0.15, 0.2) is 5.13 Å². The van der Waals surface area contributed by atoms with E-state index in [-0.39, 0.29) is 5.82 Å². The van der Waals surface area contributed by atoms with Gasteiger partial charge in [0, 0.05) is 5.56 Å². The summed E-state index contributed by atoms with van der Waals surface area (Å²) in [7, 11) is 0. The number of hydrogen-bond acceptors (Lipinski definition) is 6. The van der Waals surface area contributed by atoms with Crippen LogP contribution in [0.3, 0.4) is 0 Å². The molecule has 0 atom stereocenters. The number of hydrogen-bond donors (Lipinski definition) is 1. The maximum Gasteiger partial charge on any atom is 0.270 e. The molecule has 0 fully saturated rings. The van der Waals surface area contributed by atoms with Crippen molar-refractivity contribution >= 4 is 16.5 Å². The van der Waals surface area contributed by atoms with E-state index in [1.807, 2.05) is 6.92 Å². The van der Waals surface area contributed by atoms with Crippen LogP contribution >= 0.6 is 11.3 Å². The molecule has 2 aromatic heterocycles. The van der Waals surface area contributed by atoms with Crippen molar-refractivity contribution < 1.29 is 8.91 Å². The van der Waals surface area contributed by atoms with Gasteiger partial charge in [-0.25, -0.2) is 9.37 Å². The van der Waals surface area contributed by atoms with Gasteiger partial charge in [-0.1, -0.05) is 28.6 Å². The predicted octanol–water partition coefficient (Wildman–Crippen LogP) is 3.20. The first-order valence-electron chi connectivity index (χ1n) is 5.88. The monoisotopic (exact) mass is 290 g/mol. The SMILES string of the molecule is Cc1ccc(-c2noc(-c3sc(N)nc3C)n2)cc1F. The third kappa shape index (κ3) is 2.16. The van der Waals surface area contributed by atoms with Crippen molar-refractivity contribution in [2.24, 2.45) is 0 Å². The summed E-state index contributed by atoms with van der Waals surface area (Å²) >= 11 is 1.28. The number of anilines is 1. The second-order valence-corrected chi connectivity index (χ2v) is 5.38. The lowest BCUT2D eigenvalue weighted by atomic mass is 10.1. The molecule has 0 saturated heterocycles. The van der Waals surface area contributed by atoms with Gasteiger partial charge in [0.2, 0.25) is 5.82 Å². The zero-order chi connectivity index (χ0) is 14.3. The molecule has 5 nitrogen and oxygen atoms in total. The number of halogens is 1. The van der Waals surface area contributed by atoms with E-state index in [0.29, 0.717) is 28.0 Å². The summed E-state index contributed by atoms with van der Waals surface area (Å²) in [6.45, 7) is 3.52. The number of nitrogen functional groups attached to an aromatic ring is 1. The quantitative estimate of drug-likeness (QED) is 0.784. The number of nitrogens with zero attached hydrogens (tertiary/aromatic N) is 3. The van der Waals surface area contributed by atoms with Crippen molar-refractivity contribution in [3.05, 3.63) is 35.3 Å². The van der Waals surface area contributed by atoms with E-state index >= 15 is 0 Å². The molecule has 0 amide bonds. The van der Waals surface area contributed by atoms with Crippen molar-refractivity contribution in [1.82, 2.24) is 15.1 Å². The summed E-state index contributed by atoms with van der Waals surface area (Å²) in [5.74, 6) is 0.380. The van der Waals surface area contributed by atoms with Crippen LogP contribution in [0.1, 0.15) is 11.3 Å². The van der Waals surface area contributed by atoms with Gasteiger partial charge in [0.25, 0.3) is 5.89 Å². The number of aromatic nitrogens is 3. The Morgan fingerprint density at radius 1 is 1.25 bits per heavy atom. The summed E-state index contributed by atoms with van der Waals surface area (Å²) in [4.78, 5) is 9.10. The summed E-state index contributed by atoms with van der Waals surface area (Å²) < 4.78 is 18.8. The Bertz CT molecular complexity index is 781. The highest BCUT2D eigenvalue weighted by molar-refractivity contribution is 7.18. The van der Waals surface area contributed by atoms with Crippen LogP contribution in [0.5, 0.6) is 0 Å². The highest BCUT2D eigenvalue weighted by atomic mass is 32.1. The molecule has 0 unspecified atom stereocenters. The van der Waals surface area contributed by atoms with Crippen LogP contribution in [0.2, 0.25) is 0 Å². The number of aryl methyl sites for hydroxylation is 2. The average molecular weight is 290 g/mol. The van der Waals surface area contributed by atoms with E-state index in [9.17, 15) is 4.39 Å². The van der Waals surface area contributed by atoms with Crippen LogP contribution in [0.4, 0.5) is 9.52 Å². The molecule has 0 aliphatic carbocycles. The third-order valence-electron chi connectivity index (χ3n) is 2.86. The van der Waals surface area contributed by atoms with Crippen molar-refractivity contribution in [1.29, 1.82) is 0 Å². The molecular weight excluding hydrogens is 279 g/mol. The van der Waals surface area contributed by atoms with Crippen molar-refractivity contribution in [2.45, 2.75) is 13.8 Å². The van der Waals surface area contributed by atoms with E-state index < -0.39 is 0 Å². The molecule has 2 N–H and O–H groups in total. The fraction of sp³-hybridized carbons (Fsp3) is 0.154. The van der Waals surface area contributed by atoms with Crippen molar-refractivity contribution in [3.63, 3.8) is 0 Å². The Kier molecular flexibility index (Phi) is 2.98. The molecule has 7 heteroatoms. The minimum Gasteiger partial charge on any atom is -0.375 e. The molecule has 1 aromatic carbocycles. The zero-order valence-electron chi connectivity index (χ0n) is 10.8. The lowest BCUT2D eigenvalue weighted by Gasteiger charge is -1.97. The number of benzene rings is 1. The topological polar surface area (TPSA) is 77.8 Å². The highest BCUT2D eigenvalue weighted by Crippen LogP contribution is 2.31. The standard InChI is InChI=1S/C13H11FN4OS/c1-6-3-4-8(5-9(6)14)11-17-12(19-18-11)10-7(2)16-13(15)20-10/h3-5H,1-2H3,(H2,15,16). The van der Waals surface area contributed by atoms with Crippen LogP contribution in [0.25, 0.3) is 22.2 Å². The van der Waals surface area contributed by atoms with Gasteiger partial charge in [-0.3, -0.25) is 0 Å². The number of rotatable bonds is 2. The van der Waals surface area contributed by atoms with E-state index in [2.05, 4.69) is 15.1 Å². The Morgan fingerprint density at radius 3 is 2.70 bits per heavy atom. The van der Waals surface area contributed by atoms with Crippen LogP contribution in [-0.2, 0) is 0 Å². The molecular formula is C13H11FN4OS. The molecule has 0 radical (unpaired) electrons. The smallest absolute Gasteiger partial charge is 0.270 e. The van der Waals surface area contributed by atoms with Gasteiger partial charge in [-0.2, -0.15) is 4.98 Å². The molecule has 3 aromatic rings. The van der Waals surface area contributed by atoms with Crippen LogP contribution < -0.4 is 5.73 Å². The zero-order valence-corrected chi connectivity index (χ0v) is 11.7. The van der Waals surface area contributed by atoms with Gasteiger partial charge >= 0.3 is 0 Å². The molecule has 20 heavy (non-hydrogen) atoms. The normalized spacial score (nSPS) is 10.9. The number of nitrogens with two attached hydrogens (primary N) is 1. The maximum atomic E-state index is 13.6. The van der Waals surface area contributed by atoms with Gasteiger partial charge in [0.1, 0.15) is 10.7 Å². The van der Waals surface area contributed by atoms with Crippen molar-refractivity contribution in [3.8, 4) is 22.2 Å². The fourth-order valence-corrected chi connectivity index (χ4v) is 2.54. The maximum absolute atomic E-state index is 13.6. The van der Waals surface area contributed by atoms with E-state index in [0.717, 1.165) is 10.6 Å². The molecule has 0 spiro atoms. The summed E-state index contributed by atoms with van der Waals surface area (Å²) in [6.07, 6.45) is 0. The molecule has 3 rings (SSSR count). The molecule has 2 heterocycles. The van der Waals surface area contributed by atoms with Crippen LogP contribution in [0.15, 0.2) is 22.7 Å². The van der Waals surface area contributed by atoms with Crippen LogP contribution in [0, 0.1) is 19.7 Å².